The second-order valence-electron chi connectivity index (χ2n) is 4.90. The Labute approximate surface area is 124 Å². The standard InChI is InChI=1S/C16H20N4O/c1-12-11-15(20-19-13(12)2)17-9-6-10-18-16(21)14-7-4-3-5-8-14/h3-5,7-8,11H,6,9-10H2,1-2H3,(H,17,20)(H,18,21). The number of nitrogens with one attached hydrogen (secondary N) is 2. The largest absolute Gasteiger partial charge is 0.369 e. The molecule has 0 aliphatic carbocycles. The maximum Gasteiger partial charge on any atom is 0.251 e. The molecule has 2 rings (SSSR count). The summed E-state index contributed by atoms with van der Waals surface area (Å²) in [5.41, 5.74) is 2.74. The van der Waals surface area contributed by atoms with E-state index in [1.807, 2.05) is 38.1 Å². The lowest BCUT2D eigenvalue weighted by Crippen LogP contribution is -2.25. The summed E-state index contributed by atoms with van der Waals surface area (Å²) in [4.78, 5) is 11.8. The fourth-order valence-electron chi connectivity index (χ4n) is 1.83. The van der Waals surface area contributed by atoms with Crippen LogP contribution in [-0.2, 0) is 0 Å². The van der Waals surface area contributed by atoms with Gasteiger partial charge in [-0.15, -0.1) is 5.10 Å². The Kier molecular flexibility index (Phi) is 5.26. The van der Waals surface area contributed by atoms with Crippen molar-refractivity contribution >= 4 is 11.7 Å². The maximum atomic E-state index is 11.8. The lowest BCUT2D eigenvalue weighted by molar-refractivity contribution is 0.0953. The Morgan fingerprint density at radius 2 is 1.86 bits per heavy atom. The Balaban J connectivity index is 1.68. The topological polar surface area (TPSA) is 66.9 Å². The van der Waals surface area contributed by atoms with Gasteiger partial charge in [-0.25, -0.2) is 0 Å². The fraction of sp³-hybridized carbons (Fsp3) is 0.312. The summed E-state index contributed by atoms with van der Waals surface area (Å²) in [7, 11) is 0. The van der Waals surface area contributed by atoms with E-state index in [-0.39, 0.29) is 5.91 Å². The van der Waals surface area contributed by atoms with Gasteiger partial charge in [0.15, 0.2) is 0 Å². The molecule has 0 atom stereocenters. The molecule has 21 heavy (non-hydrogen) atoms. The van der Waals surface area contributed by atoms with Crippen molar-refractivity contribution in [3.8, 4) is 0 Å². The summed E-state index contributed by atoms with van der Waals surface area (Å²) in [5.74, 6) is 0.731. The number of aromatic nitrogens is 2. The van der Waals surface area contributed by atoms with Gasteiger partial charge in [-0.2, -0.15) is 5.10 Å². The molecule has 1 aromatic heterocycles. The van der Waals surface area contributed by atoms with Crippen molar-refractivity contribution < 1.29 is 4.79 Å². The lowest BCUT2D eigenvalue weighted by atomic mass is 10.2. The molecule has 1 amide bonds. The molecule has 110 valence electrons. The normalized spacial score (nSPS) is 10.2. The first-order chi connectivity index (χ1) is 10.2. The van der Waals surface area contributed by atoms with Gasteiger partial charge in [-0.1, -0.05) is 18.2 Å². The van der Waals surface area contributed by atoms with Crippen LogP contribution in [0.1, 0.15) is 28.0 Å². The smallest absolute Gasteiger partial charge is 0.251 e. The highest BCUT2D eigenvalue weighted by Crippen LogP contribution is 2.07. The van der Waals surface area contributed by atoms with Gasteiger partial charge in [-0.05, 0) is 44.0 Å². The number of nitrogens with zero attached hydrogens (tertiary/aromatic N) is 2. The molecule has 0 bridgehead atoms. The van der Waals surface area contributed by atoms with Gasteiger partial charge in [0.25, 0.3) is 5.91 Å². The first-order valence-electron chi connectivity index (χ1n) is 7.05. The molecule has 0 unspecified atom stereocenters. The van der Waals surface area contributed by atoms with Crippen molar-refractivity contribution in [3.63, 3.8) is 0 Å². The molecule has 1 heterocycles. The molecule has 0 saturated carbocycles. The van der Waals surface area contributed by atoms with E-state index in [1.165, 1.54) is 0 Å². The number of hydrogen-bond acceptors (Lipinski definition) is 4. The molecule has 0 aliphatic rings. The van der Waals surface area contributed by atoms with Gasteiger partial charge in [0.2, 0.25) is 0 Å². The molecule has 5 nitrogen and oxygen atoms in total. The van der Waals surface area contributed by atoms with Crippen molar-refractivity contribution in [1.29, 1.82) is 0 Å². The van der Waals surface area contributed by atoms with Crippen molar-refractivity contribution in [1.82, 2.24) is 15.5 Å². The second kappa shape index (κ2) is 7.38. The van der Waals surface area contributed by atoms with Crippen molar-refractivity contribution in [2.45, 2.75) is 20.3 Å². The highest BCUT2D eigenvalue weighted by atomic mass is 16.1. The minimum atomic E-state index is -0.0402. The molecule has 0 aliphatic heterocycles. The lowest BCUT2D eigenvalue weighted by Gasteiger charge is -2.08. The van der Waals surface area contributed by atoms with Crippen LogP contribution in [0.15, 0.2) is 36.4 Å². The van der Waals surface area contributed by atoms with E-state index < -0.39 is 0 Å². The van der Waals surface area contributed by atoms with E-state index in [1.54, 1.807) is 12.1 Å². The van der Waals surface area contributed by atoms with Gasteiger partial charge in [-0.3, -0.25) is 4.79 Å². The summed E-state index contributed by atoms with van der Waals surface area (Å²) in [6, 6.07) is 11.2. The first kappa shape index (κ1) is 15.0. The zero-order valence-corrected chi connectivity index (χ0v) is 12.4. The molecule has 0 spiro atoms. The van der Waals surface area contributed by atoms with Crippen LogP contribution in [0.4, 0.5) is 5.82 Å². The monoisotopic (exact) mass is 284 g/mol. The number of anilines is 1. The molecule has 2 N–H and O–H groups in total. The van der Waals surface area contributed by atoms with E-state index >= 15 is 0 Å². The van der Waals surface area contributed by atoms with Gasteiger partial charge in [0.1, 0.15) is 5.82 Å². The van der Waals surface area contributed by atoms with Crippen molar-refractivity contribution in [2.24, 2.45) is 0 Å². The summed E-state index contributed by atoms with van der Waals surface area (Å²) in [6.45, 7) is 5.31. The zero-order valence-electron chi connectivity index (χ0n) is 12.4. The Morgan fingerprint density at radius 3 is 2.57 bits per heavy atom. The van der Waals surface area contributed by atoms with E-state index in [0.717, 1.165) is 30.0 Å². The van der Waals surface area contributed by atoms with Crippen LogP contribution in [0.25, 0.3) is 0 Å². The quantitative estimate of drug-likeness (QED) is 0.799. The molecular weight excluding hydrogens is 264 g/mol. The number of rotatable bonds is 6. The predicted molar refractivity (Wildman–Crippen MR) is 83.4 cm³/mol. The van der Waals surface area contributed by atoms with Crippen LogP contribution in [0.3, 0.4) is 0 Å². The van der Waals surface area contributed by atoms with Gasteiger partial charge < -0.3 is 10.6 Å². The molecule has 0 saturated heterocycles. The average Bonchev–Trinajstić information content (AvgIpc) is 2.51. The molecule has 0 radical (unpaired) electrons. The molecular formula is C16H20N4O. The van der Waals surface area contributed by atoms with Crippen LogP contribution in [0.2, 0.25) is 0 Å². The zero-order chi connectivity index (χ0) is 15.1. The van der Waals surface area contributed by atoms with E-state index in [2.05, 4.69) is 20.8 Å². The van der Waals surface area contributed by atoms with Crippen molar-refractivity contribution in [3.05, 3.63) is 53.2 Å². The molecule has 5 heteroatoms. The molecule has 2 aromatic rings. The van der Waals surface area contributed by atoms with Gasteiger partial charge in [0, 0.05) is 18.7 Å². The Bertz CT molecular complexity index is 598. The Morgan fingerprint density at radius 1 is 1.10 bits per heavy atom. The van der Waals surface area contributed by atoms with Crippen LogP contribution >= 0.6 is 0 Å². The first-order valence-corrected chi connectivity index (χ1v) is 7.05. The number of carbonyl (C=O) groups excluding carboxylic acids is 1. The number of amides is 1. The number of benzene rings is 1. The van der Waals surface area contributed by atoms with Gasteiger partial charge >= 0.3 is 0 Å². The SMILES string of the molecule is Cc1cc(NCCCNC(=O)c2ccccc2)nnc1C. The third kappa shape index (κ3) is 4.56. The van der Waals surface area contributed by atoms with E-state index in [4.69, 9.17) is 0 Å². The van der Waals surface area contributed by atoms with Crippen LogP contribution < -0.4 is 10.6 Å². The fourth-order valence-corrected chi connectivity index (χ4v) is 1.83. The summed E-state index contributed by atoms with van der Waals surface area (Å²) in [6.07, 6.45) is 0.827. The number of aryl methyl sites for hydroxylation is 2. The summed E-state index contributed by atoms with van der Waals surface area (Å²) in [5, 5.41) is 14.2. The highest BCUT2D eigenvalue weighted by Gasteiger charge is 2.03. The third-order valence-electron chi connectivity index (χ3n) is 3.21. The summed E-state index contributed by atoms with van der Waals surface area (Å²) >= 11 is 0. The maximum absolute atomic E-state index is 11.8. The Hall–Kier alpha value is -2.43. The van der Waals surface area contributed by atoms with E-state index in [0.29, 0.717) is 12.1 Å². The molecule has 1 aromatic carbocycles. The third-order valence-corrected chi connectivity index (χ3v) is 3.21. The number of hydrogen-bond donors (Lipinski definition) is 2. The van der Waals surface area contributed by atoms with E-state index in [9.17, 15) is 4.79 Å². The van der Waals surface area contributed by atoms with Crippen LogP contribution in [0.5, 0.6) is 0 Å². The van der Waals surface area contributed by atoms with Crippen LogP contribution in [-0.4, -0.2) is 29.2 Å². The van der Waals surface area contributed by atoms with Crippen molar-refractivity contribution in [2.75, 3.05) is 18.4 Å². The minimum absolute atomic E-state index is 0.0402. The van der Waals surface area contributed by atoms with Crippen LogP contribution in [0, 0.1) is 13.8 Å². The highest BCUT2D eigenvalue weighted by molar-refractivity contribution is 5.94. The predicted octanol–water partition coefficient (Wildman–Crippen LogP) is 2.33. The average molecular weight is 284 g/mol. The number of carbonyl (C=O) groups is 1. The minimum Gasteiger partial charge on any atom is -0.369 e. The summed E-state index contributed by atoms with van der Waals surface area (Å²) < 4.78 is 0. The van der Waals surface area contributed by atoms with Gasteiger partial charge in [0.05, 0.1) is 5.69 Å². The molecule has 0 fully saturated rings. The second-order valence-corrected chi connectivity index (χ2v) is 4.90.